The number of thioether (sulfide) groups is 1. The van der Waals surface area contributed by atoms with Crippen molar-refractivity contribution in [1.29, 1.82) is 0 Å². The van der Waals surface area contributed by atoms with Crippen molar-refractivity contribution < 1.29 is 9.53 Å². The van der Waals surface area contributed by atoms with E-state index in [1.807, 2.05) is 32.4 Å². The number of carbonyl (C=O) groups excluding carboxylic acids is 1. The SMILES string of the molecule is CSc1ccc(C)c(C(=O)N(C)Cc2ccc(N3CCOCC3)cc2)c1. The predicted molar refractivity (Wildman–Crippen MR) is 108 cm³/mol. The van der Waals surface area contributed by atoms with Crippen LogP contribution in [0.5, 0.6) is 0 Å². The third-order valence-electron chi connectivity index (χ3n) is 4.75. The van der Waals surface area contributed by atoms with Crippen molar-refractivity contribution in [3.05, 3.63) is 59.2 Å². The van der Waals surface area contributed by atoms with E-state index in [1.54, 1.807) is 16.7 Å². The molecule has 1 fully saturated rings. The maximum Gasteiger partial charge on any atom is 0.254 e. The summed E-state index contributed by atoms with van der Waals surface area (Å²) >= 11 is 1.66. The minimum Gasteiger partial charge on any atom is -0.378 e. The van der Waals surface area contributed by atoms with Gasteiger partial charge in [0.05, 0.1) is 13.2 Å². The van der Waals surface area contributed by atoms with E-state index in [-0.39, 0.29) is 5.91 Å². The lowest BCUT2D eigenvalue weighted by Crippen LogP contribution is -2.36. The standard InChI is InChI=1S/C21H26N2O2S/c1-16-4-9-19(26-3)14-20(16)21(24)22(2)15-17-5-7-18(8-6-17)23-10-12-25-13-11-23/h4-9,14H,10-13,15H2,1-3H3. The average molecular weight is 371 g/mol. The molecule has 0 radical (unpaired) electrons. The van der Waals surface area contributed by atoms with Crippen molar-refractivity contribution in [2.24, 2.45) is 0 Å². The molecule has 0 aromatic heterocycles. The summed E-state index contributed by atoms with van der Waals surface area (Å²) in [5.41, 5.74) is 4.15. The topological polar surface area (TPSA) is 32.8 Å². The Kier molecular flexibility index (Phi) is 6.22. The van der Waals surface area contributed by atoms with E-state index in [0.717, 1.165) is 47.9 Å². The number of anilines is 1. The molecule has 138 valence electrons. The Labute approximate surface area is 160 Å². The summed E-state index contributed by atoms with van der Waals surface area (Å²) in [5.74, 6) is 0.0654. The van der Waals surface area contributed by atoms with E-state index in [2.05, 4.69) is 35.2 Å². The van der Waals surface area contributed by atoms with Crippen LogP contribution in [0.15, 0.2) is 47.4 Å². The van der Waals surface area contributed by atoms with Gasteiger partial charge in [-0.15, -0.1) is 11.8 Å². The van der Waals surface area contributed by atoms with Crippen LogP contribution in [0, 0.1) is 6.92 Å². The van der Waals surface area contributed by atoms with Gasteiger partial charge in [-0.05, 0) is 48.6 Å². The first kappa shape index (κ1) is 18.8. The molecular formula is C21H26N2O2S. The maximum atomic E-state index is 12.8. The van der Waals surface area contributed by atoms with Crippen LogP contribution in [0.4, 0.5) is 5.69 Å². The smallest absolute Gasteiger partial charge is 0.254 e. The summed E-state index contributed by atoms with van der Waals surface area (Å²) in [7, 11) is 1.86. The number of morpholine rings is 1. The van der Waals surface area contributed by atoms with Crippen molar-refractivity contribution in [3.63, 3.8) is 0 Å². The van der Waals surface area contributed by atoms with Gasteiger partial charge in [0.1, 0.15) is 0 Å². The first-order chi connectivity index (χ1) is 12.6. The lowest BCUT2D eigenvalue weighted by molar-refractivity contribution is 0.0784. The fraction of sp³-hybridized carbons (Fsp3) is 0.381. The molecular weight excluding hydrogens is 344 g/mol. The van der Waals surface area contributed by atoms with E-state index in [1.165, 1.54) is 5.69 Å². The molecule has 4 nitrogen and oxygen atoms in total. The Morgan fingerprint density at radius 1 is 1.15 bits per heavy atom. The van der Waals surface area contributed by atoms with Gasteiger partial charge in [-0.1, -0.05) is 18.2 Å². The summed E-state index contributed by atoms with van der Waals surface area (Å²) < 4.78 is 5.40. The largest absolute Gasteiger partial charge is 0.378 e. The van der Waals surface area contributed by atoms with Gasteiger partial charge in [0.25, 0.3) is 5.91 Å². The van der Waals surface area contributed by atoms with Crippen LogP contribution >= 0.6 is 11.8 Å². The molecule has 0 saturated carbocycles. The minimum atomic E-state index is 0.0654. The molecule has 2 aromatic carbocycles. The number of hydrogen-bond donors (Lipinski definition) is 0. The Balaban J connectivity index is 1.67. The molecule has 0 spiro atoms. The minimum absolute atomic E-state index is 0.0654. The van der Waals surface area contributed by atoms with Crippen molar-refractivity contribution >= 4 is 23.4 Å². The van der Waals surface area contributed by atoms with Crippen molar-refractivity contribution in [2.75, 3.05) is 44.5 Å². The van der Waals surface area contributed by atoms with Gasteiger partial charge in [-0.3, -0.25) is 4.79 Å². The van der Waals surface area contributed by atoms with Crippen LogP contribution in [0.25, 0.3) is 0 Å². The number of amides is 1. The number of nitrogens with zero attached hydrogens (tertiary/aromatic N) is 2. The Morgan fingerprint density at radius 3 is 2.50 bits per heavy atom. The van der Waals surface area contributed by atoms with E-state index in [4.69, 9.17) is 4.74 Å². The number of ether oxygens (including phenoxy) is 1. The zero-order valence-corrected chi connectivity index (χ0v) is 16.5. The number of hydrogen-bond acceptors (Lipinski definition) is 4. The van der Waals surface area contributed by atoms with Gasteiger partial charge in [0.2, 0.25) is 0 Å². The maximum absolute atomic E-state index is 12.8. The lowest BCUT2D eigenvalue weighted by Gasteiger charge is -2.29. The summed E-state index contributed by atoms with van der Waals surface area (Å²) in [6.45, 7) is 6.03. The zero-order valence-electron chi connectivity index (χ0n) is 15.7. The van der Waals surface area contributed by atoms with Crippen molar-refractivity contribution in [1.82, 2.24) is 4.90 Å². The Morgan fingerprint density at radius 2 is 1.85 bits per heavy atom. The van der Waals surface area contributed by atoms with Gasteiger partial charge in [0.15, 0.2) is 0 Å². The summed E-state index contributed by atoms with van der Waals surface area (Å²) in [5, 5.41) is 0. The molecule has 0 N–H and O–H groups in total. The van der Waals surface area contributed by atoms with Crippen LogP contribution in [0.1, 0.15) is 21.5 Å². The molecule has 1 heterocycles. The third-order valence-corrected chi connectivity index (χ3v) is 5.48. The number of rotatable bonds is 5. The quantitative estimate of drug-likeness (QED) is 0.749. The molecule has 0 aliphatic carbocycles. The lowest BCUT2D eigenvalue weighted by atomic mass is 10.1. The Hall–Kier alpha value is -1.98. The molecule has 0 atom stereocenters. The molecule has 0 bridgehead atoms. The first-order valence-corrected chi connectivity index (χ1v) is 10.1. The number of carbonyl (C=O) groups is 1. The highest BCUT2D eigenvalue weighted by atomic mass is 32.2. The second-order valence-corrected chi connectivity index (χ2v) is 7.49. The number of benzene rings is 2. The fourth-order valence-electron chi connectivity index (χ4n) is 3.14. The van der Waals surface area contributed by atoms with Gasteiger partial charge in [0, 0.05) is 42.8 Å². The van der Waals surface area contributed by atoms with Crippen molar-refractivity contribution in [3.8, 4) is 0 Å². The molecule has 1 aliphatic heterocycles. The fourth-order valence-corrected chi connectivity index (χ4v) is 3.58. The van der Waals surface area contributed by atoms with Crippen LogP contribution in [-0.2, 0) is 11.3 Å². The predicted octanol–water partition coefficient (Wildman–Crippen LogP) is 3.83. The van der Waals surface area contributed by atoms with Crippen LogP contribution in [-0.4, -0.2) is 50.4 Å². The third kappa shape index (κ3) is 4.40. The number of aryl methyl sites for hydroxylation is 1. The van der Waals surface area contributed by atoms with E-state index in [0.29, 0.717) is 6.54 Å². The molecule has 2 aromatic rings. The second kappa shape index (κ2) is 8.60. The summed E-state index contributed by atoms with van der Waals surface area (Å²) in [6.07, 6.45) is 2.03. The van der Waals surface area contributed by atoms with Gasteiger partial charge >= 0.3 is 0 Å². The molecule has 5 heteroatoms. The highest BCUT2D eigenvalue weighted by molar-refractivity contribution is 7.98. The highest BCUT2D eigenvalue weighted by Crippen LogP contribution is 2.21. The van der Waals surface area contributed by atoms with Crippen LogP contribution in [0.2, 0.25) is 0 Å². The van der Waals surface area contributed by atoms with Gasteiger partial charge in [-0.25, -0.2) is 0 Å². The first-order valence-electron chi connectivity index (χ1n) is 8.90. The normalized spacial score (nSPS) is 14.3. The molecule has 3 rings (SSSR count). The molecule has 1 amide bonds. The Bertz CT molecular complexity index is 755. The van der Waals surface area contributed by atoms with Crippen LogP contribution < -0.4 is 4.90 Å². The van der Waals surface area contributed by atoms with E-state index >= 15 is 0 Å². The van der Waals surface area contributed by atoms with Gasteiger partial charge in [-0.2, -0.15) is 0 Å². The summed E-state index contributed by atoms with van der Waals surface area (Å²) in [4.78, 5) is 18.1. The zero-order chi connectivity index (χ0) is 18.5. The highest BCUT2D eigenvalue weighted by Gasteiger charge is 2.16. The van der Waals surface area contributed by atoms with Crippen molar-refractivity contribution in [2.45, 2.75) is 18.4 Å². The molecule has 1 aliphatic rings. The van der Waals surface area contributed by atoms with Gasteiger partial charge < -0.3 is 14.5 Å². The molecule has 0 unspecified atom stereocenters. The van der Waals surface area contributed by atoms with E-state index in [9.17, 15) is 4.79 Å². The summed E-state index contributed by atoms with van der Waals surface area (Å²) in [6, 6.07) is 14.6. The second-order valence-electron chi connectivity index (χ2n) is 6.61. The van der Waals surface area contributed by atoms with E-state index < -0.39 is 0 Å². The molecule has 1 saturated heterocycles. The molecule has 26 heavy (non-hydrogen) atoms. The van der Waals surface area contributed by atoms with Crippen LogP contribution in [0.3, 0.4) is 0 Å². The monoisotopic (exact) mass is 370 g/mol. The average Bonchev–Trinajstić information content (AvgIpc) is 2.69.